The van der Waals surface area contributed by atoms with E-state index in [2.05, 4.69) is 5.32 Å². The summed E-state index contributed by atoms with van der Waals surface area (Å²) in [6.07, 6.45) is 3.83. The van der Waals surface area contributed by atoms with Gasteiger partial charge in [0.15, 0.2) is 11.5 Å². The molecule has 1 amide bonds. The van der Waals surface area contributed by atoms with E-state index in [4.69, 9.17) is 15.2 Å². The van der Waals surface area contributed by atoms with Crippen LogP contribution >= 0.6 is 0 Å². The lowest BCUT2D eigenvalue weighted by Crippen LogP contribution is -2.45. The first-order valence-electron chi connectivity index (χ1n) is 7.83. The van der Waals surface area contributed by atoms with Gasteiger partial charge in [-0.2, -0.15) is 0 Å². The van der Waals surface area contributed by atoms with Crippen LogP contribution in [0.25, 0.3) is 0 Å². The maximum atomic E-state index is 12.5. The van der Waals surface area contributed by atoms with Crippen LogP contribution in [0, 0.1) is 0 Å². The van der Waals surface area contributed by atoms with E-state index >= 15 is 0 Å². The van der Waals surface area contributed by atoms with E-state index in [-0.39, 0.29) is 11.9 Å². The van der Waals surface area contributed by atoms with Crippen molar-refractivity contribution < 1.29 is 19.4 Å². The van der Waals surface area contributed by atoms with Crippen molar-refractivity contribution in [2.24, 2.45) is 0 Å². The lowest BCUT2D eigenvalue weighted by molar-refractivity contribution is 0.0717. The molecule has 0 saturated heterocycles. The second-order valence-electron chi connectivity index (χ2n) is 5.87. The number of aliphatic hydroxyl groups excluding tert-OH is 1. The van der Waals surface area contributed by atoms with Gasteiger partial charge in [-0.3, -0.25) is 4.79 Å². The number of ether oxygens (including phenoxy) is 2. The SMILES string of the molecule is Nc1cc2c(cc1C(=O)N[C@H]1CCCC[C@@H]1O)OCCCO2. The Bertz CT molecular complexity index is 561. The van der Waals surface area contributed by atoms with Crippen LogP contribution in [-0.4, -0.2) is 36.4 Å². The van der Waals surface area contributed by atoms with Gasteiger partial charge in [0, 0.05) is 18.2 Å². The Morgan fingerprint density at radius 2 is 1.82 bits per heavy atom. The van der Waals surface area contributed by atoms with Gasteiger partial charge in [-0.15, -0.1) is 0 Å². The number of fused-ring (bicyclic) bond motifs is 1. The van der Waals surface area contributed by atoms with Gasteiger partial charge in [0.05, 0.1) is 30.9 Å². The Hall–Kier alpha value is -1.95. The molecule has 4 N–H and O–H groups in total. The van der Waals surface area contributed by atoms with E-state index in [9.17, 15) is 9.90 Å². The van der Waals surface area contributed by atoms with Gasteiger partial charge in [-0.1, -0.05) is 12.8 Å². The fraction of sp³-hybridized carbons (Fsp3) is 0.562. The van der Waals surface area contributed by atoms with E-state index in [0.717, 1.165) is 32.1 Å². The van der Waals surface area contributed by atoms with Gasteiger partial charge in [-0.05, 0) is 18.9 Å². The summed E-state index contributed by atoms with van der Waals surface area (Å²) in [6.45, 7) is 1.13. The molecule has 1 aromatic rings. The number of amides is 1. The van der Waals surface area contributed by atoms with Crippen molar-refractivity contribution in [1.82, 2.24) is 5.32 Å². The fourth-order valence-electron chi connectivity index (χ4n) is 2.95. The monoisotopic (exact) mass is 306 g/mol. The van der Waals surface area contributed by atoms with E-state index in [1.54, 1.807) is 12.1 Å². The molecular weight excluding hydrogens is 284 g/mol. The molecule has 1 saturated carbocycles. The predicted octanol–water partition coefficient (Wildman–Crippen LogP) is 1.46. The van der Waals surface area contributed by atoms with Crippen LogP contribution in [-0.2, 0) is 0 Å². The van der Waals surface area contributed by atoms with E-state index < -0.39 is 6.10 Å². The lowest BCUT2D eigenvalue weighted by Gasteiger charge is -2.28. The molecule has 1 aliphatic carbocycles. The van der Waals surface area contributed by atoms with E-state index in [1.165, 1.54) is 0 Å². The number of benzene rings is 1. The molecule has 1 aromatic carbocycles. The quantitative estimate of drug-likeness (QED) is 0.719. The Balaban J connectivity index is 1.78. The molecule has 0 radical (unpaired) electrons. The normalized spacial score (nSPS) is 24.4. The number of carbonyl (C=O) groups is 1. The third-order valence-corrected chi connectivity index (χ3v) is 4.21. The standard InChI is InChI=1S/C16H22N2O4/c17-11-9-15-14(21-6-3-7-22-15)8-10(11)16(20)18-12-4-1-2-5-13(12)19/h8-9,12-13,19H,1-7,17H2,(H,18,20)/t12-,13-/m0/s1. The zero-order valence-corrected chi connectivity index (χ0v) is 12.5. The molecule has 0 unspecified atom stereocenters. The van der Waals surface area contributed by atoms with Crippen molar-refractivity contribution in [3.63, 3.8) is 0 Å². The minimum Gasteiger partial charge on any atom is -0.490 e. The fourth-order valence-corrected chi connectivity index (χ4v) is 2.95. The maximum absolute atomic E-state index is 12.5. The Morgan fingerprint density at radius 1 is 1.14 bits per heavy atom. The summed E-state index contributed by atoms with van der Waals surface area (Å²) in [7, 11) is 0. The summed E-state index contributed by atoms with van der Waals surface area (Å²) in [5.74, 6) is 0.837. The summed E-state index contributed by atoms with van der Waals surface area (Å²) in [5.41, 5.74) is 6.69. The molecule has 1 aliphatic heterocycles. The van der Waals surface area contributed by atoms with E-state index in [1.807, 2.05) is 0 Å². The molecule has 2 aliphatic rings. The number of anilines is 1. The number of aliphatic hydroxyl groups is 1. The Morgan fingerprint density at radius 3 is 2.55 bits per heavy atom. The van der Waals surface area contributed by atoms with Crippen molar-refractivity contribution in [2.75, 3.05) is 18.9 Å². The maximum Gasteiger partial charge on any atom is 0.253 e. The van der Waals surface area contributed by atoms with Crippen LogP contribution in [0.15, 0.2) is 12.1 Å². The molecule has 1 fully saturated rings. The van der Waals surface area contributed by atoms with Gasteiger partial charge in [0.25, 0.3) is 5.91 Å². The number of nitrogen functional groups attached to an aromatic ring is 1. The van der Waals surface area contributed by atoms with Crippen molar-refractivity contribution in [2.45, 2.75) is 44.2 Å². The van der Waals surface area contributed by atoms with Crippen molar-refractivity contribution in [1.29, 1.82) is 0 Å². The van der Waals surface area contributed by atoms with Crippen LogP contribution in [0.1, 0.15) is 42.5 Å². The summed E-state index contributed by atoms with van der Waals surface area (Å²) in [4.78, 5) is 12.5. The van der Waals surface area contributed by atoms with Gasteiger partial charge in [0.1, 0.15) is 0 Å². The van der Waals surface area contributed by atoms with Crippen molar-refractivity contribution in [3.05, 3.63) is 17.7 Å². The predicted molar refractivity (Wildman–Crippen MR) is 82.2 cm³/mol. The molecule has 2 atom stereocenters. The lowest BCUT2D eigenvalue weighted by atomic mass is 9.92. The number of hydrogen-bond acceptors (Lipinski definition) is 5. The van der Waals surface area contributed by atoms with Gasteiger partial charge in [0.2, 0.25) is 0 Å². The molecule has 0 aromatic heterocycles. The largest absolute Gasteiger partial charge is 0.490 e. The molecule has 3 rings (SSSR count). The summed E-state index contributed by atoms with van der Waals surface area (Å²) < 4.78 is 11.1. The Kier molecular flexibility index (Phi) is 4.38. The third kappa shape index (κ3) is 3.11. The van der Waals surface area contributed by atoms with Crippen LogP contribution in [0.4, 0.5) is 5.69 Å². The number of nitrogens with two attached hydrogens (primary N) is 1. The van der Waals surface area contributed by atoms with Crippen LogP contribution in [0.5, 0.6) is 11.5 Å². The highest BCUT2D eigenvalue weighted by molar-refractivity contribution is 6.00. The average Bonchev–Trinajstić information content (AvgIpc) is 2.73. The minimum absolute atomic E-state index is 0.211. The molecule has 1 heterocycles. The number of carbonyl (C=O) groups excluding carboxylic acids is 1. The molecule has 22 heavy (non-hydrogen) atoms. The van der Waals surface area contributed by atoms with Crippen LogP contribution in [0.3, 0.4) is 0 Å². The van der Waals surface area contributed by atoms with Crippen LogP contribution in [0.2, 0.25) is 0 Å². The van der Waals surface area contributed by atoms with Crippen LogP contribution < -0.4 is 20.5 Å². The smallest absolute Gasteiger partial charge is 0.253 e. The highest BCUT2D eigenvalue weighted by Gasteiger charge is 2.26. The van der Waals surface area contributed by atoms with Crippen molar-refractivity contribution in [3.8, 4) is 11.5 Å². The Labute approximate surface area is 129 Å². The second-order valence-corrected chi connectivity index (χ2v) is 5.87. The molecule has 6 nitrogen and oxygen atoms in total. The zero-order valence-electron chi connectivity index (χ0n) is 12.5. The molecule has 0 bridgehead atoms. The van der Waals surface area contributed by atoms with E-state index in [0.29, 0.717) is 36.0 Å². The first-order chi connectivity index (χ1) is 10.6. The van der Waals surface area contributed by atoms with Gasteiger partial charge < -0.3 is 25.6 Å². The average molecular weight is 306 g/mol. The second kappa shape index (κ2) is 6.44. The molecule has 120 valence electrons. The highest BCUT2D eigenvalue weighted by Crippen LogP contribution is 2.34. The molecular formula is C16H22N2O4. The summed E-state index contributed by atoms with van der Waals surface area (Å²) >= 11 is 0. The number of nitrogens with one attached hydrogen (secondary N) is 1. The first kappa shape index (κ1) is 15.0. The minimum atomic E-state index is -0.487. The third-order valence-electron chi connectivity index (χ3n) is 4.21. The number of hydrogen-bond donors (Lipinski definition) is 3. The number of rotatable bonds is 2. The topological polar surface area (TPSA) is 93.8 Å². The van der Waals surface area contributed by atoms with Gasteiger partial charge >= 0.3 is 0 Å². The first-order valence-corrected chi connectivity index (χ1v) is 7.83. The zero-order chi connectivity index (χ0) is 15.5. The molecule has 6 heteroatoms. The van der Waals surface area contributed by atoms with Crippen molar-refractivity contribution >= 4 is 11.6 Å². The summed E-state index contributed by atoms with van der Waals surface area (Å²) in [5, 5.41) is 12.9. The highest BCUT2D eigenvalue weighted by atomic mass is 16.5. The van der Waals surface area contributed by atoms with Gasteiger partial charge in [-0.25, -0.2) is 0 Å². The summed E-state index contributed by atoms with van der Waals surface area (Å²) in [6, 6.07) is 3.05. The molecule has 0 spiro atoms.